The second-order valence-corrected chi connectivity index (χ2v) is 7.05. The monoisotopic (exact) mass is 313 g/mol. The van der Waals surface area contributed by atoms with Crippen molar-refractivity contribution >= 4 is 6.29 Å². The number of rotatable bonds is 7. The summed E-state index contributed by atoms with van der Waals surface area (Å²) in [6.45, 7) is 9.58. The summed E-state index contributed by atoms with van der Waals surface area (Å²) < 4.78 is 1.87. The molecule has 124 valence electrons. The molecule has 0 saturated heterocycles. The number of carbonyl (C=O) groups excluding carboxylic acids is 1. The molecule has 0 saturated carbocycles. The molecule has 1 aromatic heterocycles. The Hall–Kier alpha value is -1.97. The van der Waals surface area contributed by atoms with Crippen molar-refractivity contribution in [3.8, 4) is 11.3 Å². The average Bonchev–Trinajstić information content (AvgIpc) is 2.94. The van der Waals surface area contributed by atoms with Crippen LogP contribution in [0.5, 0.6) is 0 Å². The summed E-state index contributed by atoms with van der Waals surface area (Å²) >= 11 is 0. The van der Waals surface area contributed by atoms with Gasteiger partial charge in [-0.3, -0.25) is 4.79 Å². The number of carbonyl (C=O) groups is 1. The van der Waals surface area contributed by atoms with E-state index in [0.717, 1.165) is 30.5 Å². The van der Waals surface area contributed by atoms with Crippen molar-refractivity contribution in [2.24, 2.45) is 0 Å². The summed E-state index contributed by atoms with van der Waals surface area (Å²) in [6, 6.07) is 8.38. The van der Waals surface area contributed by atoms with Gasteiger partial charge in [0.2, 0.25) is 0 Å². The van der Waals surface area contributed by atoms with Crippen LogP contribution in [-0.4, -0.2) is 21.3 Å². The van der Waals surface area contributed by atoms with E-state index in [1.165, 1.54) is 24.8 Å². The molecule has 1 heterocycles. The molecule has 0 fully saturated rings. The minimum atomic E-state index is 0.116. The number of benzene rings is 1. The number of hydrogen-bond acceptors (Lipinski definition) is 3. The Morgan fingerprint density at radius 3 is 2.35 bits per heavy atom. The minimum absolute atomic E-state index is 0.116. The van der Waals surface area contributed by atoms with E-state index in [0.29, 0.717) is 5.69 Å². The van der Waals surface area contributed by atoms with Gasteiger partial charge >= 0.3 is 0 Å². The van der Waals surface area contributed by atoms with Crippen molar-refractivity contribution in [1.82, 2.24) is 15.0 Å². The molecule has 4 nitrogen and oxygen atoms in total. The first-order chi connectivity index (χ1) is 11.0. The molecule has 0 aliphatic carbocycles. The fourth-order valence-corrected chi connectivity index (χ4v) is 2.68. The maximum absolute atomic E-state index is 11.3. The number of unbranched alkanes of at least 4 members (excludes halogenated alkanes) is 3. The fourth-order valence-electron chi connectivity index (χ4n) is 2.68. The zero-order valence-corrected chi connectivity index (χ0v) is 14.7. The molecule has 2 aromatic rings. The molecule has 0 bridgehead atoms. The van der Waals surface area contributed by atoms with Crippen LogP contribution < -0.4 is 0 Å². The molecule has 1 aromatic carbocycles. The predicted molar refractivity (Wildman–Crippen MR) is 93.7 cm³/mol. The van der Waals surface area contributed by atoms with E-state index in [9.17, 15) is 4.79 Å². The molecule has 0 aliphatic heterocycles. The normalized spacial score (nSPS) is 11.7. The summed E-state index contributed by atoms with van der Waals surface area (Å²) in [6.07, 6.45) is 5.46. The van der Waals surface area contributed by atoms with Crippen LogP contribution in [0.1, 0.15) is 69.4 Å². The Morgan fingerprint density at radius 1 is 1.09 bits per heavy atom. The van der Waals surface area contributed by atoms with Crippen LogP contribution in [-0.2, 0) is 12.0 Å². The van der Waals surface area contributed by atoms with Crippen LogP contribution in [0.25, 0.3) is 11.3 Å². The van der Waals surface area contributed by atoms with E-state index in [1.807, 2.05) is 4.68 Å². The lowest BCUT2D eigenvalue weighted by atomic mass is 9.86. The van der Waals surface area contributed by atoms with Gasteiger partial charge in [-0.25, -0.2) is 4.68 Å². The molecule has 23 heavy (non-hydrogen) atoms. The van der Waals surface area contributed by atoms with Crippen LogP contribution in [0.15, 0.2) is 24.3 Å². The summed E-state index contributed by atoms with van der Waals surface area (Å²) in [4.78, 5) is 11.3. The molecule has 2 rings (SSSR count). The first-order valence-corrected chi connectivity index (χ1v) is 8.47. The molecule has 0 spiro atoms. The van der Waals surface area contributed by atoms with Crippen molar-refractivity contribution in [2.45, 2.75) is 65.3 Å². The third-order valence-electron chi connectivity index (χ3n) is 4.12. The van der Waals surface area contributed by atoms with Gasteiger partial charge in [0.25, 0.3) is 0 Å². The van der Waals surface area contributed by atoms with E-state index in [-0.39, 0.29) is 5.41 Å². The van der Waals surface area contributed by atoms with Gasteiger partial charge in [-0.2, -0.15) is 0 Å². The fraction of sp³-hybridized carbons (Fsp3) is 0.526. The summed E-state index contributed by atoms with van der Waals surface area (Å²) in [5.74, 6) is 0. The van der Waals surface area contributed by atoms with Gasteiger partial charge in [0.05, 0.1) is 5.69 Å². The van der Waals surface area contributed by atoms with Crippen molar-refractivity contribution in [3.05, 3.63) is 35.5 Å². The first kappa shape index (κ1) is 17.4. The van der Waals surface area contributed by atoms with Crippen molar-refractivity contribution in [2.75, 3.05) is 0 Å². The second kappa shape index (κ2) is 7.53. The van der Waals surface area contributed by atoms with E-state index >= 15 is 0 Å². The topological polar surface area (TPSA) is 47.8 Å². The SMILES string of the molecule is CCCCCCn1nnc(C=O)c1-c1ccc(C(C)(C)C)cc1. The van der Waals surface area contributed by atoms with Gasteiger partial charge in [-0.15, -0.1) is 5.10 Å². The summed E-state index contributed by atoms with van der Waals surface area (Å²) in [7, 11) is 0. The van der Waals surface area contributed by atoms with Crippen molar-refractivity contribution in [1.29, 1.82) is 0 Å². The number of aryl methyl sites for hydroxylation is 1. The molecule has 0 radical (unpaired) electrons. The third-order valence-corrected chi connectivity index (χ3v) is 4.12. The number of aldehydes is 1. The highest BCUT2D eigenvalue weighted by atomic mass is 16.1. The molecular weight excluding hydrogens is 286 g/mol. The maximum atomic E-state index is 11.3. The zero-order valence-electron chi connectivity index (χ0n) is 14.7. The second-order valence-electron chi connectivity index (χ2n) is 7.05. The van der Waals surface area contributed by atoms with Gasteiger partial charge in [0.1, 0.15) is 0 Å². The number of aromatic nitrogens is 3. The van der Waals surface area contributed by atoms with Crippen LogP contribution >= 0.6 is 0 Å². The molecule has 0 atom stereocenters. The number of nitrogens with zero attached hydrogens (tertiary/aromatic N) is 3. The lowest BCUT2D eigenvalue weighted by Gasteiger charge is -2.19. The molecule has 4 heteroatoms. The molecule has 0 unspecified atom stereocenters. The Bertz CT molecular complexity index is 636. The van der Waals surface area contributed by atoms with Crippen molar-refractivity contribution < 1.29 is 4.79 Å². The molecule has 0 aliphatic rings. The molecule has 0 amide bonds. The van der Waals surface area contributed by atoms with E-state index in [4.69, 9.17) is 0 Å². The maximum Gasteiger partial charge on any atom is 0.172 e. The third kappa shape index (κ3) is 4.27. The van der Waals surface area contributed by atoms with Crippen molar-refractivity contribution in [3.63, 3.8) is 0 Å². The van der Waals surface area contributed by atoms with Gasteiger partial charge in [0, 0.05) is 12.1 Å². The lowest BCUT2D eigenvalue weighted by Crippen LogP contribution is -2.10. The highest BCUT2D eigenvalue weighted by Crippen LogP contribution is 2.27. The molecular formula is C19H27N3O. The summed E-state index contributed by atoms with van der Waals surface area (Å²) in [5.41, 5.74) is 3.64. The minimum Gasteiger partial charge on any atom is -0.296 e. The van der Waals surface area contributed by atoms with E-state index in [1.54, 1.807) is 0 Å². The quantitative estimate of drug-likeness (QED) is 0.553. The van der Waals surface area contributed by atoms with Gasteiger partial charge in [-0.05, 0) is 17.4 Å². The first-order valence-electron chi connectivity index (χ1n) is 8.47. The Balaban J connectivity index is 2.26. The van der Waals surface area contributed by atoms with Gasteiger partial charge in [0.15, 0.2) is 12.0 Å². The standard InChI is InChI=1S/C19H27N3O/c1-5-6-7-8-13-22-18(17(14-23)20-21-22)15-9-11-16(12-10-15)19(2,3)4/h9-12,14H,5-8,13H2,1-4H3. The highest BCUT2D eigenvalue weighted by Gasteiger charge is 2.17. The lowest BCUT2D eigenvalue weighted by molar-refractivity contribution is 0.111. The Kier molecular flexibility index (Phi) is 5.69. The van der Waals surface area contributed by atoms with Crippen LogP contribution in [0, 0.1) is 0 Å². The smallest absolute Gasteiger partial charge is 0.172 e. The van der Waals surface area contributed by atoms with Crippen LogP contribution in [0.2, 0.25) is 0 Å². The van der Waals surface area contributed by atoms with Crippen LogP contribution in [0.4, 0.5) is 0 Å². The zero-order chi connectivity index (χ0) is 16.9. The highest BCUT2D eigenvalue weighted by molar-refractivity contribution is 5.83. The van der Waals surface area contributed by atoms with Crippen LogP contribution in [0.3, 0.4) is 0 Å². The Labute approximate surface area is 138 Å². The Morgan fingerprint density at radius 2 is 1.78 bits per heavy atom. The van der Waals surface area contributed by atoms with Gasteiger partial charge < -0.3 is 0 Å². The summed E-state index contributed by atoms with van der Waals surface area (Å²) in [5, 5.41) is 8.19. The van der Waals surface area contributed by atoms with Gasteiger partial charge in [-0.1, -0.05) is 76.4 Å². The largest absolute Gasteiger partial charge is 0.296 e. The molecule has 0 N–H and O–H groups in total. The average molecular weight is 313 g/mol. The van der Waals surface area contributed by atoms with E-state index in [2.05, 4.69) is 62.3 Å². The number of hydrogen-bond donors (Lipinski definition) is 0. The predicted octanol–water partition coefficient (Wildman–Crippen LogP) is 4.64. The van der Waals surface area contributed by atoms with E-state index < -0.39 is 0 Å².